The molecule has 2 aromatic carbocycles. The van der Waals surface area contributed by atoms with Crippen LogP contribution in [0.5, 0.6) is 5.75 Å². The van der Waals surface area contributed by atoms with E-state index in [4.69, 9.17) is 10.5 Å². The number of halogens is 4. The van der Waals surface area contributed by atoms with Gasteiger partial charge in [0.15, 0.2) is 11.6 Å². The van der Waals surface area contributed by atoms with Crippen LogP contribution in [0, 0.1) is 5.82 Å². The average molecular weight is 503 g/mol. The fraction of sp³-hybridized carbons (Fsp3) is 0.308. The van der Waals surface area contributed by atoms with Crippen LogP contribution >= 0.6 is 0 Å². The summed E-state index contributed by atoms with van der Waals surface area (Å²) in [6.45, 7) is 4.36. The number of ether oxygens (including phenoxy) is 1. The summed E-state index contributed by atoms with van der Waals surface area (Å²) in [7, 11) is 2.02. The van der Waals surface area contributed by atoms with Gasteiger partial charge in [0.1, 0.15) is 11.9 Å². The van der Waals surface area contributed by atoms with Crippen LogP contribution in [0.4, 0.5) is 23.4 Å². The second-order valence-corrected chi connectivity index (χ2v) is 8.74. The lowest BCUT2D eigenvalue weighted by Crippen LogP contribution is -2.47. The number of nitrogens with two attached hydrogens (primary N) is 1. The molecule has 36 heavy (non-hydrogen) atoms. The molecule has 3 aromatic rings. The molecule has 1 aliphatic heterocycles. The van der Waals surface area contributed by atoms with Crippen LogP contribution in [-0.2, 0) is 6.18 Å². The van der Waals surface area contributed by atoms with Gasteiger partial charge in [-0.3, -0.25) is 4.79 Å². The summed E-state index contributed by atoms with van der Waals surface area (Å²) in [6, 6.07) is 11.6. The van der Waals surface area contributed by atoms with Gasteiger partial charge in [-0.1, -0.05) is 24.3 Å². The number of benzene rings is 2. The summed E-state index contributed by atoms with van der Waals surface area (Å²) < 4.78 is 60.0. The number of carbonyl (C=O) groups excluding carboxylic acids is 1. The Kier molecular flexibility index (Phi) is 7.16. The number of hydrogen-bond donors (Lipinski definition) is 1. The molecule has 1 saturated heterocycles. The Morgan fingerprint density at radius 3 is 2.36 bits per heavy atom. The SMILES string of the molecule is CC(Oc1cc(-c2ccc(C(=O)N3CCN(C)CC3)cc2)cnc1N)c1cccc(F)c1C(F)(F)F. The number of aromatic nitrogens is 1. The van der Waals surface area contributed by atoms with Crippen molar-refractivity contribution < 1.29 is 27.1 Å². The summed E-state index contributed by atoms with van der Waals surface area (Å²) >= 11 is 0. The molecule has 1 amide bonds. The van der Waals surface area contributed by atoms with E-state index < -0.39 is 23.7 Å². The Bertz CT molecular complexity index is 1240. The van der Waals surface area contributed by atoms with Crippen molar-refractivity contribution in [2.45, 2.75) is 19.2 Å². The molecule has 6 nitrogen and oxygen atoms in total. The maximum absolute atomic E-state index is 14.0. The van der Waals surface area contributed by atoms with Crippen molar-refractivity contribution in [2.24, 2.45) is 0 Å². The van der Waals surface area contributed by atoms with Gasteiger partial charge in [0, 0.05) is 49.1 Å². The normalized spacial score (nSPS) is 15.6. The minimum absolute atomic E-state index is 0.0163. The van der Waals surface area contributed by atoms with Crippen molar-refractivity contribution >= 4 is 11.7 Å². The molecule has 0 saturated carbocycles. The number of nitrogens with zero attached hydrogens (tertiary/aromatic N) is 3. The number of amides is 1. The Balaban J connectivity index is 1.54. The zero-order valence-electron chi connectivity index (χ0n) is 19.8. The molecular weight excluding hydrogens is 476 g/mol. The van der Waals surface area contributed by atoms with Gasteiger partial charge in [0.05, 0.1) is 5.56 Å². The van der Waals surface area contributed by atoms with Crippen molar-refractivity contribution in [2.75, 3.05) is 39.0 Å². The number of piperazine rings is 1. The molecule has 0 spiro atoms. The third-order valence-electron chi connectivity index (χ3n) is 6.21. The molecular formula is C26H26F4N4O2. The lowest BCUT2D eigenvalue weighted by atomic mass is 10.0. The predicted octanol–water partition coefficient (Wildman–Crippen LogP) is 5.02. The largest absolute Gasteiger partial charge is 0.482 e. The summed E-state index contributed by atoms with van der Waals surface area (Å²) in [4.78, 5) is 20.9. The van der Waals surface area contributed by atoms with Crippen molar-refractivity contribution in [1.29, 1.82) is 0 Å². The third kappa shape index (κ3) is 5.43. The van der Waals surface area contributed by atoms with E-state index in [9.17, 15) is 22.4 Å². The molecule has 1 atom stereocenters. The van der Waals surface area contributed by atoms with Crippen LogP contribution in [0.1, 0.15) is 34.5 Å². The van der Waals surface area contributed by atoms with Gasteiger partial charge >= 0.3 is 6.18 Å². The van der Waals surface area contributed by atoms with Crippen LogP contribution in [0.2, 0.25) is 0 Å². The van der Waals surface area contributed by atoms with Gasteiger partial charge in [-0.25, -0.2) is 9.37 Å². The van der Waals surface area contributed by atoms with Crippen LogP contribution < -0.4 is 10.5 Å². The zero-order chi connectivity index (χ0) is 26.0. The number of carbonyl (C=O) groups is 1. The predicted molar refractivity (Wildman–Crippen MR) is 128 cm³/mol. The number of hydrogen-bond acceptors (Lipinski definition) is 5. The molecule has 1 aliphatic rings. The number of alkyl halides is 3. The average Bonchev–Trinajstić information content (AvgIpc) is 2.84. The Morgan fingerprint density at radius 1 is 1.06 bits per heavy atom. The number of pyridine rings is 1. The van der Waals surface area contributed by atoms with E-state index in [1.165, 1.54) is 25.3 Å². The van der Waals surface area contributed by atoms with Crippen molar-refractivity contribution in [3.63, 3.8) is 0 Å². The molecule has 0 bridgehead atoms. The van der Waals surface area contributed by atoms with E-state index in [2.05, 4.69) is 9.88 Å². The lowest BCUT2D eigenvalue weighted by molar-refractivity contribution is -0.141. The molecule has 1 aromatic heterocycles. The van der Waals surface area contributed by atoms with Crippen LogP contribution in [0.25, 0.3) is 11.1 Å². The molecule has 10 heteroatoms. The smallest absolute Gasteiger partial charge is 0.419 e. The minimum atomic E-state index is -4.88. The van der Waals surface area contributed by atoms with Gasteiger partial charge in [0.25, 0.3) is 5.91 Å². The number of nitrogen functional groups attached to an aromatic ring is 1. The first-order valence-electron chi connectivity index (χ1n) is 11.4. The van der Waals surface area contributed by atoms with Crippen molar-refractivity contribution in [3.05, 3.63) is 77.2 Å². The molecule has 1 fully saturated rings. The summed E-state index contributed by atoms with van der Waals surface area (Å²) in [5.74, 6) is -1.37. The highest BCUT2D eigenvalue weighted by Gasteiger charge is 2.38. The maximum Gasteiger partial charge on any atom is 0.419 e. The number of likely N-dealkylation sites (N-methyl/N-ethyl adjacent to an activating group) is 1. The number of anilines is 1. The first-order chi connectivity index (χ1) is 17.0. The zero-order valence-corrected chi connectivity index (χ0v) is 19.8. The van der Waals surface area contributed by atoms with Crippen LogP contribution in [-0.4, -0.2) is 53.9 Å². The van der Waals surface area contributed by atoms with E-state index in [0.29, 0.717) is 24.2 Å². The van der Waals surface area contributed by atoms with Gasteiger partial charge in [-0.15, -0.1) is 0 Å². The van der Waals surface area contributed by atoms with Gasteiger partial charge in [0.2, 0.25) is 0 Å². The summed E-state index contributed by atoms with van der Waals surface area (Å²) in [5.41, 5.74) is 6.07. The minimum Gasteiger partial charge on any atom is -0.482 e. The van der Waals surface area contributed by atoms with E-state index in [1.807, 2.05) is 11.9 Å². The summed E-state index contributed by atoms with van der Waals surface area (Å²) in [6.07, 6.45) is -4.53. The molecule has 0 radical (unpaired) electrons. The van der Waals surface area contributed by atoms with Gasteiger partial charge < -0.3 is 20.3 Å². The highest BCUT2D eigenvalue weighted by atomic mass is 19.4. The molecule has 2 heterocycles. The second-order valence-electron chi connectivity index (χ2n) is 8.74. The molecule has 0 aliphatic carbocycles. The number of rotatable bonds is 5. The van der Waals surface area contributed by atoms with Gasteiger partial charge in [-0.05, 0) is 43.8 Å². The molecule has 190 valence electrons. The Labute approximate surface area is 206 Å². The second kappa shape index (κ2) is 10.1. The van der Waals surface area contributed by atoms with Crippen molar-refractivity contribution in [3.8, 4) is 16.9 Å². The first-order valence-corrected chi connectivity index (χ1v) is 11.4. The third-order valence-corrected chi connectivity index (χ3v) is 6.21. The maximum atomic E-state index is 14.0. The van der Waals surface area contributed by atoms with E-state index in [1.54, 1.807) is 30.3 Å². The van der Waals surface area contributed by atoms with Crippen molar-refractivity contribution in [1.82, 2.24) is 14.8 Å². The molecule has 1 unspecified atom stereocenters. The van der Waals surface area contributed by atoms with E-state index in [0.717, 1.165) is 24.7 Å². The molecule has 4 rings (SSSR count). The highest BCUT2D eigenvalue weighted by Crippen LogP contribution is 2.38. The molecule has 2 N–H and O–H groups in total. The Hall–Kier alpha value is -3.66. The van der Waals surface area contributed by atoms with Gasteiger partial charge in [-0.2, -0.15) is 13.2 Å². The lowest BCUT2D eigenvalue weighted by Gasteiger charge is -2.32. The fourth-order valence-electron chi connectivity index (χ4n) is 4.14. The summed E-state index contributed by atoms with van der Waals surface area (Å²) in [5, 5.41) is 0. The standard InChI is InChI=1S/C26H26F4N4O2/c1-16(20-4-3-5-21(27)23(20)26(28,29)30)36-22-14-19(15-32-24(22)31)17-6-8-18(9-7-17)25(35)34-12-10-33(2)11-13-34/h3-9,14-16H,10-13H2,1-2H3,(H2,31,32). The monoisotopic (exact) mass is 502 g/mol. The van der Waals surface area contributed by atoms with E-state index in [-0.39, 0.29) is 23.0 Å². The van der Waals surface area contributed by atoms with Crippen LogP contribution in [0.3, 0.4) is 0 Å². The fourth-order valence-corrected chi connectivity index (χ4v) is 4.14. The quantitative estimate of drug-likeness (QED) is 0.497. The van der Waals surface area contributed by atoms with Crippen LogP contribution in [0.15, 0.2) is 54.7 Å². The Morgan fingerprint density at radius 2 is 1.72 bits per heavy atom. The topological polar surface area (TPSA) is 71.7 Å². The first kappa shape index (κ1) is 25.4. The van der Waals surface area contributed by atoms with E-state index >= 15 is 0 Å². The highest BCUT2D eigenvalue weighted by molar-refractivity contribution is 5.94.